The average Bonchev–Trinajstić information content (AvgIpc) is 2.27. The van der Waals surface area contributed by atoms with E-state index in [4.69, 9.17) is 5.41 Å². The van der Waals surface area contributed by atoms with Gasteiger partial charge in [0.15, 0.2) is 0 Å². The molecule has 1 N–H and O–H groups in total. The lowest BCUT2D eigenvalue weighted by molar-refractivity contribution is 0.0791. The molecule has 2 rings (SSSR count). The molecule has 0 spiro atoms. The number of fused-ring (bicyclic) bond motifs is 1. The Hall–Kier alpha value is -0.570. The van der Waals surface area contributed by atoms with Crippen LogP contribution < -0.4 is 0 Å². The third-order valence-corrected chi connectivity index (χ3v) is 3.55. The van der Waals surface area contributed by atoms with E-state index in [0.717, 1.165) is 31.4 Å². The molecule has 0 radical (unpaired) electrons. The molecule has 2 heterocycles. The Bertz CT molecular complexity index is 215. The van der Waals surface area contributed by atoms with Crippen LogP contribution in [-0.2, 0) is 0 Å². The molecule has 2 saturated heterocycles. The Labute approximate surface area is 86.6 Å². The van der Waals surface area contributed by atoms with Gasteiger partial charge in [0.2, 0.25) is 0 Å². The van der Waals surface area contributed by atoms with Crippen LogP contribution in [0, 0.1) is 5.41 Å². The van der Waals surface area contributed by atoms with E-state index in [1.807, 2.05) is 0 Å². The van der Waals surface area contributed by atoms with Crippen molar-refractivity contribution in [1.82, 2.24) is 9.80 Å². The van der Waals surface area contributed by atoms with Crippen LogP contribution in [0.15, 0.2) is 0 Å². The van der Waals surface area contributed by atoms with Gasteiger partial charge in [-0.1, -0.05) is 13.3 Å². The van der Waals surface area contributed by atoms with Crippen molar-refractivity contribution in [2.24, 2.45) is 0 Å². The molecule has 0 amide bonds. The number of nitrogens with zero attached hydrogens (tertiary/aromatic N) is 2. The topological polar surface area (TPSA) is 30.3 Å². The summed E-state index contributed by atoms with van der Waals surface area (Å²) in [4.78, 5) is 4.88. The molecule has 3 heteroatoms. The summed E-state index contributed by atoms with van der Waals surface area (Å²) >= 11 is 0. The van der Waals surface area contributed by atoms with Gasteiger partial charge in [0.25, 0.3) is 0 Å². The van der Waals surface area contributed by atoms with Crippen molar-refractivity contribution in [3.8, 4) is 0 Å². The molecule has 1 atom stereocenters. The van der Waals surface area contributed by atoms with Crippen LogP contribution in [0.3, 0.4) is 0 Å². The lowest BCUT2D eigenvalue weighted by Gasteiger charge is -2.44. The summed E-state index contributed by atoms with van der Waals surface area (Å²) in [6.45, 7) is 6.72. The van der Waals surface area contributed by atoms with E-state index in [1.165, 1.54) is 32.4 Å². The van der Waals surface area contributed by atoms with Gasteiger partial charge >= 0.3 is 0 Å². The van der Waals surface area contributed by atoms with Crippen LogP contribution in [0.1, 0.15) is 32.6 Å². The molecular weight excluding hydrogens is 174 g/mol. The fourth-order valence-electron chi connectivity index (χ4n) is 2.62. The highest BCUT2D eigenvalue weighted by Crippen LogP contribution is 2.21. The molecule has 0 aliphatic carbocycles. The molecule has 2 aliphatic rings. The summed E-state index contributed by atoms with van der Waals surface area (Å²) in [5.74, 6) is 0.829. The molecule has 1 unspecified atom stereocenters. The minimum Gasteiger partial charge on any atom is -0.358 e. The Morgan fingerprint density at radius 1 is 1.29 bits per heavy atom. The van der Waals surface area contributed by atoms with Crippen LogP contribution in [0.25, 0.3) is 0 Å². The maximum atomic E-state index is 7.85. The number of piperazine rings is 1. The maximum absolute atomic E-state index is 7.85. The first-order chi connectivity index (χ1) is 6.81. The first kappa shape index (κ1) is 9.97. The monoisotopic (exact) mass is 195 g/mol. The minimum absolute atomic E-state index is 0.740. The van der Waals surface area contributed by atoms with E-state index in [-0.39, 0.29) is 0 Å². The zero-order valence-corrected chi connectivity index (χ0v) is 9.13. The van der Waals surface area contributed by atoms with Gasteiger partial charge in [-0.15, -0.1) is 0 Å². The van der Waals surface area contributed by atoms with Gasteiger partial charge in [-0.2, -0.15) is 0 Å². The van der Waals surface area contributed by atoms with Crippen molar-refractivity contribution >= 4 is 5.84 Å². The highest BCUT2D eigenvalue weighted by Gasteiger charge is 2.29. The minimum atomic E-state index is 0.740. The van der Waals surface area contributed by atoms with Crippen LogP contribution in [-0.4, -0.2) is 47.9 Å². The molecule has 0 aromatic heterocycles. The molecule has 0 aromatic carbocycles. The van der Waals surface area contributed by atoms with E-state index in [2.05, 4.69) is 16.7 Å². The number of piperidine rings is 1. The van der Waals surface area contributed by atoms with E-state index in [0.29, 0.717) is 0 Å². The second-order valence-electron chi connectivity index (χ2n) is 4.43. The smallest absolute Gasteiger partial charge is 0.0955 e. The Kier molecular flexibility index (Phi) is 3.06. The predicted molar refractivity (Wildman–Crippen MR) is 58.8 cm³/mol. The second kappa shape index (κ2) is 4.30. The number of nitrogens with one attached hydrogen (secondary N) is 1. The highest BCUT2D eigenvalue weighted by atomic mass is 15.3. The number of rotatable bonds is 1. The zero-order valence-electron chi connectivity index (χ0n) is 9.13. The quantitative estimate of drug-likeness (QED) is 0.508. The standard InChI is InChI=1S/C11H21N3/c1-2-11(12)14-8-7-13-6-4-3-5-10(13)9-14/h10,12H,2-9H2,1H3. The lowest BCUT2D eigenvalue weighted by atomic mass is 9.99. The zero-order chi connectivity index (χ0) is 9.97. The summed E-state index contributed by atoms with van der Waals surface area (Å²) in [5, 5.41) is 7.85. The maximum Gasteiger partial charge on any atom is 0.0955 e. The van der Waals surface area contributed by atoms with E-state index in [1.54, 1.807) is 0 Å². The van der Waals surface area contributed by atoms with Crippen LogP contribution in [0.2, 0.25) is 0 Å². The van der Waals surface area contributed by atoms with Crippen LogP contribution in [0.5, 0.6) is 0 Å². The molecule has 3 nitrogen and oxygen atoms in total. The number of hydrogen-bond acceptors (Lipinski definition) is 2. The Morgan fingerprint density at radius 3 is 2.93 bits per heavy atom. The molecule has 2 fully saturated rings. The van der Waals surface area contributed by atoms with Crippen LogP contribution >= 0.6 is 0 Å². The molecule has 0 bridgehead atoms. The average molecular weight is 195 g/mol. The summed E-state index contributed by atoms with van der Waals surface area (Å²) in [6, 6.07) is 0.740. The third kappa shape index (κ3) is 1.92. The Morgan fingerprint density at radius 2 is 2.14 bits per heavy atom. The highest BCUT2D eigenvalue weighted by molar-refractivity contribution is 5.78. The second-order valence-corrected chi connectivity index (χ2v) is 4.43. The number of hydrogen-bond donors (Lipinski definition) is 1. The summed E-state index contributed by atoms with van der Waals surface area (Å²) in [6.07, 6.45) is 4.98. The molecule has 0 saturated carbocycles. The van der Waals surface area contributed by atoms with Gasteiger partial charge in [-0.05, 0) is 19.4 Å². The third-order valence-electron chi connectivity index (χ3n) is 3.55. The van der Waals surface area contributed by atoms with Crippen molar-refractivity contribution in [1.29, 1.82) is 5.41 Å². The first-order valence-electron chi connectivity index (χ1n) is 5.87. The molecular formula is C11H21N3. The fourth-order valence-corrected chi connectivity index (χ4v) is 2.62. The number of amidine groups is 1. The van der Waals surface area contributed by atoms with Crippen LogP contribution in [0.4, 0.5) is 0 Å². The molecule has 2 aliphatic heterocycles. The largest absolute Gasteiger partial charge is 0.358 e. The van der Waals surface area contributed by atoms with Crippen molar-refractivity contribution in [2.75, 3.05) is 26.2 Å². The Balaban J connectivity index is 1.92. The van der Waals surface area contributed by atoms with Crippen molar-refractivity contribution in [3.63, 3.8) is 0 Å². The van der Waals surface area contributed by atoms with Gasteiger partial charge in [0, 0.05) is 32.1 Å². The lowest BCUT2D eigenvalue weighted by Crippen LogP contribution is -2.55. The summed E-state index contributed by atoms with van der Waals surface area (Å²) in [7, 11) is 0. The van der Waals surface area contributed by atoms with Gasteiger partial charge in [0.05, 0.1) is 5.84 Å². The van der Waals surface area contributed by atoms with Crippen molar-refractivity contribution < 1.29 is 0 Å². The fraction of sp³-hybridized carbons (Fsp3) is 0.909. The summed E-state index contributed by atoms with van der Waals surface area (Å²) in [5.41, 5.74) is 0. The van der Waals surface area contributed by atoms with Gasteiger partial charge in [-0.25, -0.2) is 0 Å². The molecule has 0 aromatic rings. The first-order valence-corrected chi connectivity index (χ1v) is 5.87. The van der Waals surface area contributed by atoms with Crippen molar-refractivity contribution in [3.05, 3.63) is 0 Å². The van der Waals surface area contributed by atoms with Gasteiger partial charge in [-0.3, -0.25) is 10.3 Å². The summed E-state index contributed by atoms with van der Waals surface area (Å²) < 4.78 is 0. The van der Waals surface area contributed by atoms with E-state index in [9.17, 15) is 0 Å². The van der Waals surface area contributed by atoms with Gasteiger partial charge < -0.3 is 4.90 Å². The SMILES string of the molecule is CCC(=N)N1CCN2CCCCC2C1. The van der Waals surface area contributed by atoms with Gasteiger partial charge in [0.1, 0.15) is 0 Å². The normalized spacial score (nSPS) is 28.6. The predicted octanol–water partition coefficient (Wildman–Crippen LogP) is 1.54. The van der Waals surface area contributed by atoms with Crippen molar-refractivity contribution in [2.45, 2.75) is 38.6 Å². The molecule has 14 heavy (non-hydrogen) atoms. The van der Waals surface area contributed by atoms with E-state index >= 15 is 0 Å². The van der Waals surface area contributed by atoms with E-state index < -0.39 is 0 Å². The molecule has 80 valence electrons.